The standard InChI is InChI=1S/C24H29FN6O3/c1-4-9-33-20-7-6-17(11-19(20)25)23-16(3)12-26-24(29-23)28-18-13-27-31(14-18)22-15-30(8-10-34-22)21(32)5-2/h6-7,11-14,22H,4-5,8-10,15H2,1-3H3,(H,26,28,29). The number of ether oxygens (including phenoxy) is 2. The summed E-state index contributed by atoms with van der Waals surface area (Å²) < 4.78 is 27.4. The number of aryl methyl sites for hydroxylation is 1. The molecule has 1 saturated heterocycles. The minimum atomic E-state index is -0.428. The van der Waals surface area contributed by atoms with Crippen molar-refractivity contribution in [3.8, 4) is 17.0 Å². The lowest BCUT2D eigenvalue weighted by atomic mass is 10.1. The third-order valence-corrected chi connectivity index (χ3v) is 5.49. The molecule has 180 valence electrons. The van der Waals surface area contributed by atoms with E-state index in [2.05, 4.69) is 20.4 Å². The second-order valence-corrected chi connectivity index (χ2v) is 8.07. The molecular weight excluding hydrogens is 439 g/mol. The van der Waals surface area contributed by atoms with Crippen LogP contribution in [0.5, 0.6) is 5.75 Å². The molecular formula is C24H29FN6O3. The molecule has 0 bridgehead atoms. The number of hydrogen-bond acceptors (Lipinski definition) is 7. The summed E-state index contributed by atoms with van der Waals surface area (Å²) in [5, 5.41) is 7.51. The monoisotopic (exact) mass is 468 g/mol. The fourth-order valence-electron chi connectivity index (χ4n) is 3.70. The number of carbonyl (C=O) groups is 1. The van der Waals surface area contributed by atoms with Gasteiger partial charge in [0.1, 0.15) is 0 Å². The predicted molar refractivity (Wildman–Crippen MR) is 125 cm³/mol. The van der Waals surface area contributed by atoms with Crippen molar-refractivity contribution in [3.05, 3.63) is 48.2 Å². The van der Waals surface area contributed by atoms with Gasteiger partial charge in [0.15, 0.2) is 17.8 Å². The summed E-state index contributed by atoms with van der Waals surface area (Å²) in [5.41, 5.74) is 2.75. The van der Waals surface area contributed by atoms with Crippen LogP contribution in [0.4, 0.5) is 16.0 Å². The summed E-state index contributed by atoms with van der Waals surface area (Å²) in [7, 11) is 0. The molecule has 3 aromatic rings. The van der Waals surface area contributed by atoms with E-state index in [4.69, 9.17) is 9.47 Å². The number of aromatic nitrogens is 4. The number of halogens is 1. The Balaban J connectivity index is 1.49. The van der Waals surface area contributed by atoms with Crippen LogP contribution in [0.2, 0.25) is 0 Å². The lowest BCUT2D eigenvalue weighted by Crippen LogP contribution is -2.43. The first kappa shape index (κ1) is 23.6. The summed E-state index contributed by atoms with van der Waals surface area (Å²) in [5.74, 6) is 0.259. The van der Waals surface area contributed by atoms with Gasteiger partial charge in [-0.15, -0.1) is 0 Å². The number of carbonyl (C=O) groups excluding carboxylic acids is 1. The van der Waals surface area contributed by atoms with E-state index in [9.17, 15) is 9.18 Å². The topological polar surface area (TPSA) is 94.4 Å². The molecule has 1 N–H and O–H groups in total. The third kappa shape index (κ3) is 5.33. The Morgan fingerprint density at radius 3 is 2.94 bits per heavy atom. The Bertz CT molecular complexity index is 1150. The molecule has 0 spiro atoms. The van der Waals surface area contributed by atoms with Crippen molar-refractivity contribution in [2.24, 2.45) is 0 Å². The van der Waals surface area contributed by atoms with Gasteiger partial charge in [-0.2, -0.15) is 5.10 Å². The van der Waals surface area contributed by atoms with Crippen LogP contribution in [-0.2, 0) is 9.53 Å². The lowest BCUT2D eigenvalue weighted by Gasteiger charge is -2.32. The van der Waals surface area contributed by atoms with Crippen LogP contribution in [0.25, 0.3) is 11.3 Å². The minimum Gasteiger partial charge on any atom is -0.491 e. The first-order valence-electron chi connectivity index (χ1n) is 11.5. The number of rotatable bonds is 8. The molecule has 4 rings (SSSR count). The van der Waals surface area contributed by atoms with Crippen LogP contribution in [0.1, 0.15) is 38.5 Å². The number of nitrogens with zero attached hydrogens (tertiary/aromatic N) is 5. The Morgan fingerprint density at radius 1 is 1.32 bits per heavy atom. The molecule has 1 amide bonds. The number of amides is 1. The van der Waals surface area contributed by atoms with Gasteiger partial charge >= 0.3 is 0 Å². The second kappa shape index (κ2) is 10.6. The quantitative estimate of drug-likeness (QED) is 0.532. The van der Waals surface area contributed by atoms with Crippen molar-refractivity contribution < 1.29 is 18.7 Å². The molecule has 1 atom stereocenters. The van der Waals surface area contributed by atoms with Crippen molar-refractivity contribution in [1.29, 1.82) is 0 Å². The van der Waals surface area contributed by atoms with Crippen molar-refractivity contribution in [2.75, 3.05) is 31.6 Å². The fourth-order valence-corrected chi connectivity index (χ4v) is 3.70. The molecule has 1 aliphatic rings. The third-order valence-electron chi connectivity index (χ3n) is 5.49. The van der Waals surface area contributed by atoms with Crippen LogP contribution >= 0.6 is 0 Å². The molecule has 34 heavy (non-hydrogen) atoms. The Morgan fingerprint density at radius 2 is 2.18 bits per heavy atom. The van der Waals surface area contributed by atoms with Crippen molar-refractivity contribution >= 4 is 17.5 Å². The maximum atomic E-state index is 14.5. The van der Waals surface area contributed by atoms with Crippen molar-refractivity contribution in [3.63, 3.8) is 0 Å². The molecule has 0 saturated carbocycles. The Kier molecular flexibility index (Phi) is 7.36. The summed E-state index contributed by atoms with van der Waals surface area (Å²) in [4.78, 5) is 22.8. The SMILES string of the molecule is CCCOc1ccc(-c2nc(Nc3cnn(C4CN(C(=O)CC)CCO4)c3)ncc2C)cc1F. The van der Waals surface area contributed by atoms with E-state index in [1.54, 1.807) is 40.3 Å². The zero-order valence-corrected chi connectivity index (χ0v) is 19.6. The summed E-state index contributed by atoms with van der Waals surface area (Å²) >= 11 is 0. The zero-order chi connectivity index (χ0) is 24.1. The first-order chi connectivity index (χ1) is 16.5. The van der Waals surface area contributed by atoms with Crippen LogP contribution in [0, 0.1) is 12.7 Å². The highest BCUT2D eigenvalue weighted by atomic mass is 19.1. The van der Waals surface area contributed by atoms with Crippen LogP contribution in [-0.4, -0.2) is 56.9 Å². The van der Waals surface area contributed by atoms with Gasteiger partial charge in [-0.25, -0.2) is 19.0 Å². The Hall–Kier alpha value is -3.53. The molecule has 0 radical (unpaired) electrons. The number of benzene rings is 1. The van der Waals surface area contributed by atoms with E-state index < -0.39 is 5.82 Å². The highest BCUT2D eigenvalue weighted by Gasteiger charge is 2.25. The van der Waals surface area contributed by atoms with E-state index in [-0.39, 0.29) is 17.9 Å². The zero-order valence-electron chi connectivity index (χ0n) is 19.6. The van der Waals surface area contributed by atoms with Crippen molar-refractivity contribution in [2.45, 2.75) is 39.8 Å². The van der Waals surface area contributed by atoms with Gasteiger partial charge in [-0.05, 0) is 37.1 Å². The molecule has 1 unspecified atom stereocenters. The highest BCUT2D eigenvalue weighted by molar-refractivity contribution is 5.75. The second-order valence-electron chi connectivity index (χ2n) is 8.07. The van der Waals surface area contributed by atoms with E-state index in [0.29, 0.717) is 55.6 Å². The normalized spacial score (nSPS) is 15.9. The smallest absolute Gasteiger partial charge is 0.227 e. The molecule has 1 aliphatic heterocycles. The van der Waals surface area contributed by atoms with Crippen molar-refractivity contribution in [1.82, 2.24) is 24.6 Å². The average molecular weight is 469 g/mol. The van der Waals surface area contributed by atoms with E-state index in [1.807, 2.05) is 20.8 Å². The molecule has 10 heteroatoms. The molecule has 2 aromatic heterocycles. The van der Waals surface area contributed by atoms with Crippen LogP contribution < -0.4 is 10.1 Å². The highest BCUT2D eigenvalue weighted by Crippen LogP contribution is 2.28. The van der Waals surface area contributed by atoms with Gasteiger partial charge in [-0.1, -0.05) is 13.8 Å². The van der Waals surface area contributed by atoms with E-state index >= 15 is 0 Å². The van der Waals surface area contributed by atoms with Gasteiger partial charge in [0.25, 0.3) is 0 Å². The number of anilines is 2. The maximum absolute atomic E-state index is 14.5. The first-order valence-corrected chi connectivity index (χ1v) is 11.5. The Labute approximate surface area is 197 Å². The van der Waals surface area contributed by atoms with E-state index in [0.717, 1.165) is 12.0 Å². The van der Waals surface area contributed by atoms with Gasteiger partial charge in [0, 0.05) is 24.7 Å². The summed E-state index contributed by atoms with van der Waals surface area (Å²) in [6.07, 6.45) is 6.03. The fraction of sp³-hybridized carbons (Fsp3) is 0.417. The predicted octanol–water partition coefficient (Wildman–Crippen LogP) is 4.09. The number of hydrogen-bond donors (Lipinski definition) is 1. The van der Waals surface area contributed by atoms with E-state index in [1.165, 1.54) is 6.07 Å². The summed E-state index contributed by atoms with van der Waals surface area (Å²) in [6, 6.07) is 4.83. The summed E-state index contributed by atoms with van der Waals surface area (Å²) in [6.45, 7) is 7.65. The van der Waals surface area contributed by atoms with Gasteiger partial charge in [0.05, 0.1) is 43.5 Å². The maximum Gasteiger partial charge on any atom is 0.227 e. The molecule has 0 aliphatic carbocycles. The van der Waals surface area contributed by atoms with Gasteiger partial charge < -0.3 is 19.7 Å². The molecule has 1 aromatic carbocycles. The molecule has 9 nitrogen and oxygen atoms in total. The molecule has 1 fully saturated rings. The van der Waals surface area contributed by atoms with Gasteiger partial charge in [-0.3, -0.25) is 4.79 Å². The van der Waals surface area contributed by atoms with Gasteiger partial charge in [0.2, 0.25) is 11.9 Å². The lowest BCUT2D eigenvalue weighted by molar-refractivity contribution is -0.143. The number of morpholine rings is 1. The van der Waals surface area contributed by atoms with Crippen LogP contribution in [0.15, 0.2) is 36.8 Å². The minimum absolute atomic E-state index is 0.0979. The average Bonchev–Trinajstić information content (AvgIpc) is 3.32. The van der Waals surface area contributed by atoms with Crippen LogP contribution in [0.3, 0.4) is 0 Å². The largest absolute Gasteiger partial charge is 0.491 e. The number of nitrogens with one attached hydrogen (secondary N) is 1. The molecule has 3 heterocycles.